The van der Waals surface area contributed by atoms with Crippen LogP contribution in [0.5, 0.6) is 0 Å². The van der Waals surface area contributed by atoms with E-state index in [-0.39, 0.29) is 23.1 Å². The lowest BCUT2D eigenvalue weighted by Crippen LogP contribution is -2.46. The highest BCUT2D eigenvalue weighted by Crippen LogP contribution is 2.47. The lowest BCUT2D eigenvalue weighted by molar-refractivity contribution is -0.116. The van der Waals surface area contributed by atoms with Crippen molar-refractivity contribution in [3.8, 4) is 0 Å². The van der Waals surface area contributed by atoms with E-state index >= 15 is 0 Å². The summed E-state index contributed by atoms with van der Waals surface area (Å²) in [5.74, 6) is 0.248. The molecule has 1 fully saturated rings. The summed E-state index contributed by atoms with van der Waals surface area (Å²) in [4.78, 5) is 32.1. The standard InChI is InChI=1S/C34H39Cl2N3O2/c1-23-17-24(2)19-28(18-23)33(41)37(4)21-27(26-9-10-30(35)31(36)20-26)11-14-38-15-12-34(13-16-38)22-39(25(3)40)32-8-6-5-7-29(32)34/h5-10,17-20,27H,11-16,21-22H2,1-4H3/t27-/m1/s1. The van der Waals surface area contributed by atoms with Gasteiger partial charge >= 0.3 is 0 Å². The first-order valence-electron chi connectivity index (χ1n) is 14.4. The van der Waals surface area contributed by atoms with Crippen LogP contribution in [0.4, 0.5) is 5.69 Å². The van der Waals surface area contributed by atoms with Gasteiger partial charge in [-0.3, -0.25) is 9.59 Å². The van der Waals surface area contributed by atoms with Gasteiger partial charge in [-0.2, -0.15) is 0 Å². The molecular formula is C34H39Cl2N3O2. The first-order valence-corrected chi connectivity index (χ1v) is 15.2. The fourth-order valence-electron chi connectivity index (χ4n) is 6.74. The third kappa shape index (κ3) is 6.33. The molecule has 1 atom stereocenters. The average Bonchev–Trinajstić information content (AvgIpc) is 3.26. The lowest BCUT2D eigenvalue weighted by atomic mass is 9.74. The summed E-state index contributed by atoms with van der Waals surface area (Å²) in [6.07, 6.45) is 2.94. The first kappa shape index (κ1) is 29.6. The van der Waals surface area contributed by atoms with Crippen LogP contribution in [0.15, 0.2) is 60.7 Å². The second-order valence-corrected chi connectivity index (χ2v) is 12.8. The smallest absolute Gasteiger partial charge is 0.253 e. The Labute approximate surface area is 254 Å². The molecule has 1 spiro atoms. The van der Waals surface area contributed by atoms with Crippen molar-refractivity contribution in [1.82, 2.24) is 9.80 Å². The number of piperidine rings is 1. The molecule has 0 radical (unpaired) electrons. The third-order valence-electron chi connectivity index (χ3n) is 8.94. The number of rotatable bonds is 7. The molecule has 3 aromatic carbocycles. The number of halogens is 2. The number of likely N-dealkylation sites (tertiary alicyclic amines) is 1. The Balaban J connectivity index is 1.28. The SMILES string of the molecule is CC(=O)N1CC2(CCN(CC[C@H](CN(C)C(=O)c3cc(C)cc(C)c3)c3ccc(Cl)c(Cl)c3)CC2)c2ccccc21. The van der Waals surface area contributed by atoms with Crippen molar-refractivity contribution in [2.45, 2.75) is 51.4 Å². The van der Waals surface area contributed by atoms with Crippen LogP contribution in [0.3, 0.4) is 0 Å². The molecule has 5 rings (SSSR count). The Kier molecular flexibility index (Phi) is 8.79. The van der Waals surface area contributed by atoms with Crippen LogP contribution in [-0.4, -0.2) is 61.4 Å². The maximum absolute atomic E-state index is 13.4. The Bertz CT molecular complexity index is 1430. The van der Waals surface area contributed by atoms with Gasteiger partial charge in [-0.1, -0.05) is 64.7 Å². The molecule has 216 valence electrons. The van der Waals surface area contributed by atoms with Crippen LogP contribution in [0.2, 0.25) is 10.0 Å². The van der Waals surface area contributed by atoms with Gasteiger partial charge in [-0.05, 0) is 94.2 Å². The predicted octanol–water partition coefficient (Wildman–Crippen LogP) is 7.26. The van der Waals surface area contributed by atoms with Crippen LogP contribution >= 0.6 is 23.2 Å². The summed E-state index contributed by atoms with van der Waals surface area (Å²) in [6, 6.07) is 20.2. The number of hydrogen-bond acceptors (Lipinski definition) is 3. The predicted molar refractivity (Wildman–Crippen MR) is 169 cm³/mol. The molecule has 0 N–H and O–H groups in total. The van der Waals surface area contributed by atoms with E-state index in [0.29, 0.717) is 16.6 Å². The first-order chi connectivity index (χ1) is 19.6. The van der Waals surface area contributed by atoms with Crippen molar-refractivity contribution in [2.75, 3.05) is 44.7 Å². The van der Waals surface area contributed by atoms with Gasteiger partial charge in [0.2, 0.25) is 5.91 Å². The maximum atomic E-state index is 13.4. The normalized spacial score (nSPS) is 17.0. The Morgan fingerprint density at radius 2 is 1.63 bits per heavy atom. The summed E-state index contributed by atoms with van der Waals surface area (Å²) >= 11 is 12.7. The minimum absolute atomic E-state index is 0.0247. The maximum Gasteiger partial charge on any atom is 0.253 e. The Hall–Kier alpha value is -2.86. The summed E-state index contributed by atoms with van der Waals surface area (Å²) in [6.45, 7) is 9.94. The number of aryl methyl sites for hydroxylation is 2. The van der Waals surface area contributed by atoms with Crippen LogP contribution < -0.4 is 4.90 Å². The number of amides is 2. The van der Waals surface area contributed by atoms with Crippen molar-refractivity contribution < 1.29 is 9.59 Å². The van der Waals surface area contributed by atoms with Gasteiger partial charge in [0.25, 0.3) is 5.91 Å². The number of carbonyl (C=O) groups excluding carboxylic acids is 2. The summed E-state index contributed by atoms with van der Waals surface area (Å²) < 4.78 is 0. The van der Waals surface area contributed by atoms with E-state index in [1.54, 1.807) is 6.92 Å². The monoisotopic (exact) mass is 591 g/mol. The topological polar surface area (TPSA) is 43.9 Å². The molecule has 41 heavy (non-hydrogen) atoms. The van der Waals surface area contributed by atoms with Crippen molar-refractivity contribution in [3.63, 3.8) is 0 Å². The largest absolute Gasteiger partial charge is 0.341 e. The van der Waals surface area contributed by atoms with Crippen LogP contribution in [0.1, 0.15) is 64.7 Å². The zero-order valence-electron chi connectivity index (χ0n) is 24.4. The lowest BCUT2D eigenvalue weighted by Gasteiger charge is -2.40. The Morgan fingerprint density at radius 3 is 2.29 bits per heavy atom. The molecule has 0 aliphatic carbocycles. The summed E-state index contributed by atoms with van der Waals surface area (Å²) in [5, 5.41) is 1.07. The zero-order valence-corrected chi connectivity index (χ0v) is 25.9. The van der Waals surface area contributed by atoms with Crippen molar-refractivity contribution in [1.29, 1.82) is 0 Å². The molecule has 1 saturated heterocycles. The van der Waals surface area contributed by atoms with E-state index in [4.69, 9.17) is 23.2 Å². The van der Waals surface area contributed by atoms with E-state index in [2.05, 4.69) is 29.2 Å². The number of benzene rings is 3. The van der Waals surface area contributed by atoms with E-state index in [1.165, 1.54) is 5.56 Å². The third-order valence-corrected chi connectivity index (χ3v) is 9.68. The van der Waals surface area contributed by atoms with Gasteiger partial charge in [0.1, 0.15) is 0 Å². The summed E-state index contributed by atoms with van der Waals surface area (Å²) in [5.41, 5.74) is 6.40. The van der Waals surface area contributed by atoms with E-state index < -0.39 is 0 Å². The number of likely N-dealkylation sites (N-methyl/N-ethyl adjacent to an activating group) is 1. The Morgan fingerprint density at radius 1 is 0.951 bits per heavy atom. The molecule has 0 aromatic heterocycles. The highest BCUT2D eigenvalue weighted by Gasteiger charge is 2.45. The van der Waals surface area contributed by atoms with E-state index in [9.17, 15) is 9.59 Å². The molecule has 0 saturated carbocycles. The molecule has 2 amide bonds. The quantitative estimate of drug-likeness (QED) is 0.290. The van der Waals surface area contributed by atoms with E-state index in [1.807, 2.05) is 67.1 Å². The minimum Gasteiger partial charge on any atom is -0.341 e. The second-order valence-electron chi connectivity index (χ2n) is 12.0. The van der Waals surface area contributed by atoms with Gasteiger partial charge in [0.15, 0.2) is 0 Å². The zero-order chi connectivity index (χ0) is 29.3. The van der Waals surface area contributed by atoms with Crippen LogP contribution in [-0.2, 0) is 10.2 Å². The van der Waals surface area contributed by atoms with Crippen molar-refractivity contribution >= 4 is 40.7 Å². The van der Waals surface area contributed by atoms with Gasteiger partial charge in [0.05, 0.1) is 10.0 Å². The van der Waals surface area contributed by atoms with Gasteiger partial charge in [-0.25, -0.2) is 0 Å². The molecule has 2 aliphatic heterocycles. The number of anilines is 1. The molecule has 5 nitrogen and oxygen atoms in total. The molecule has 2 heterocycles. The number of nitrogens with zero attached hydrogens (tertiary/aromatic N) is 3. The van der Waals surface area contributed by atoms with E-state index in [0.717, 1.165) is 73.4 Å². The average molecular weight is 593 g/mol. The number of hydrogen-bond donors (Lipinski definition) is 0. The van der Waals surface area contributed by atoms with Crippen molar-refractivity contribution in [3.05, 3.63) is 98.5 Å². The van der Waals surface area contributed by atoms with Gasteiger partial charge in [0, 0.05) is 49.6 Å². The van der Waals surface area contributed by atoms with Gasteiger partial charge < -0.3 is 14.7 Å². The fourth-order valence-corrected chi connectivity index (χ4v) is 7.05. The molecule has 7 heteroatoms. The molecule has 0 unspecified atom stereocenters. The van der Waals surface area contributed by atoms with Gasteiger partial charge in [-0.15, -0.1) is 0 Å². The number of carbonyl (C=O) groups is 2. The highest BCUT2D eigenvalue weighted by molar-refractivity contribution is 6.42. The van der Waals surface area contributed by atoms with Crippen LogP contribution in [0.25, 0.3) is 0 Å². The molecule has 3 aromatic rings. The molecular weight excluding hydrogens is 553 g/mol. The van der Waals surface area contributed by atoms with Crippen molar-refractivity contribution in [2.24, 2.45) is 0 Å². The molecule has 0 bridgehead atoms. The second kappa shape index (κ2) is 12.2. The number of fused-ring (bicyclic) bond motifs is 2. The molecule has 2 aliphatic rings. The summed E-state index contributed by atoms with van der Waals surface area (Å²) in [7, 11) is 1.88. The minimum atomic E-state index is 0.0247. The fraction of sp³-hybridized carbons (Fsp3) is 0.412. The highest BCUT2D eigenvalue weighted by atomic mass is 35.5. The number of para-hydroxylation sites is 1. The van der Waals surface area contributed by atoms with Crippen LogP contribution in [0, 0.1) is 13.8 Å².